The van der Waals surface area contributed by atoms with E-state index < -0.39 is 6.03 Å². The molecule has 0 saturated carbocycles. The van der Waals surface area contributed by atoms with Crippen molar-refractivity contribution in [2.24, 2.45) is 5.10 Å². The van der Waals surface area contributed by atoms with Gasteiger partial charge in [0.1, 0.15) is 5.82 Å². The van der Waals surface area contributed by atoms with Crippen molar-refractivity contribution in [3.63, 3.8) is 0 Å². The van der Waals surface area contributed by atoms with Crippen molar-refractivity contribution in [3.8, 4) is 0 Å². The highest BCUT2D eigenvalue weighted by molar-refractivity contribution is 6.01. The van der Waals surface area contributed by atoms with Crippen LogP contribution in [0.4, 0.5) is 14.9 Å². The standard InChI is InChI=1S/C16H16FN3O/c1-2-15(12-8-10-13(17)11-9-12)19-20-16(21)18-14-6-4-3-5-7-14/h3-11H,2H2,1H3,(H2,18,20,21)/b19-15-. The predicted octanol–water partition coefficient (Wildman–Crippen LogP) is 3.76. The zero-order valence-corrected chi connectivity index (χ0v) is 11.6. The van der Waals surface area contributed by atoms with Crippen molar-refractivity contribution < 1.29 is 9.18 Å². The Kier molecular flexibility index (Phi) is 5.04. The molecule has 21 heavy (non-hydrogen) atoms. The molecule has 4 nitrogen and oxygen atoms in total. The molecule has 2 N–H and O–H groups in total. The highest BCUT2D eigenvalue weighted by Gasteiger charge is 2.04. The van der Waals surface area contributed by atoms with E-state index in [2.05, 4.69) is 15.8 Å². The number of hydrogen-bond acceptors (Lipinski definition) is 2. The van der Waals surface area contributed by atoms with Gasteiger partial charge in [-0.15, -0.1) is 0 Å². The molecular weight excluding hydrogens is 269 g/mol. The maximum Gasteiger partial charge on any atom is 0.339 e. The lowest BCUT2D eigenvalue weighted by atomic mass is 10.1. The van der Waals surface area contributed by atoms with Crippen LogP contribution >= 0.6 is 0 Å². The van der Waals surface area contributed by atoms with Crippen LogP contribution in [0.15, 0.2) is 59.7 Å². The molecule has 2 aromatic carbocycles. The van der Waals surface area contributed by atoms with Crippen molar-refractivity contribution in [2.45, 2.75) is 13.3 Å². The van der Waals surface area contributed by atoms with Gasteiger partial charge in [0.2, 0.25) is 0 Å². The molecule has 2 aromatic rings. The number of anilines is 1. The molecule has 2 amide bonds. The summed E-state index contributed by atoms with van der Waals surface area (Å²) in [4.78, 5) is 11.7. The van der Waals surface area contributed by atoms with Gasteiger partial charge in [0, 0.05) is 5.69 Å². The highest BCUT2D eigenvalue weighted by Crippen LogP contribution is 2.07. The number of carbonyl (C=O) groups excluding carboxylic acids is 1. The molecule has 2 rings (SSSR count). The SMILES string of the molecule is CC/C(=N/NC(=O)Nc1ccccc1)c1ccc(F)cc1. The smallest absolute Gasteiger partial charge is 0.307 e. The molecule has 0 aliphatic carbocycles. The average molecular weight is 285 g/mol. The number of amides is 2. The maximum absolute atomic E-state index is 12.9. The second-order valence-corrected chi connectivity index (χ2v) is 4.35. The van der Waals surface area contributed by atoms with E-state index in [-0.39, 0.29) is 5.82 Å². The molecule has 0 heterocycles. The number of nitrogens with zero attached hydrogens (tertiary/aromatic N) is 1. The van der Waals surface area contributed by atoms with E-state index in [0.29, 0.717) is 17.8 Å². The second-order valence-electron chi connectivity index (χ2n) is 4.35. The van der Waals surface area contributed by atoms with Crippen LogP contribution in [0, 0.1) is 5.82 Å². The molecule has 108 valence electrons. The topological polar surface area (TPSA) is 53.5 Å². The number of halogens is 1. The fraction of sp³-hybridized carbons (Fsp3) is 0.125. The van der Waals surface area contributed by atoms with Crippen LogP contribution in [0.1, 0.15) is 18.9 Å². The number of para-hydroxylation sites is 1. The Balaban J connectivity index is 2.00. The molecular formula is C16H16FN3O. The van der Waals surface area contributed by atoms with E-state index >= 15 is 0 Å². The largest absolute Gasteiger partial charge is 0.339 e. The van der Waals surface area contributed by atoms with Crippen LogP contribution in [0.5, 0.6) is 0 Å². The van der Waals surface area contributed by atoms with Crippen LogP contribution in [0.2, 0.25) is 0 Å². The Bertz CT molecular complexity index is 624. The van der Waals surface area contributed by atoms with Gasteiger partial charge in [0.25, 0.3) is 0 Å². The monoisotopic (exact) mass is 285 g/mol. The van der Waals surface area contributed by atoms with Gasteiger partial charge in [0.05, 0.1) is 5.71 Å². The molecule has 0 bridgehead atoms. The minimum Gasteiger partial charge on any atom is -0.307 e. The Labute approximate surface area is 122 Å². The Morgan fingerprint density at radius 1 is 1.10 bits per heavy atom. The van der Waals surface area contributed by atoms with Crippen LogP contribution < -0.4 is 10.7 Å². The van der Waals surface area contributed by atoms with E-state index in [1.807, 2.05) is 25.1 Å². The van der Waals surface area contributed by atoms with Crippen LogP contribution in [0.25, 0.3) is 0 Å². The summed E-state index contributed by atoms with van der Waals surface area (Å²) in [6.45, 7) is 1.92. The highest BCUT2D eigenvalue weighted by atomic mass is 19.1. The summed E-state index contributed by atoms with van der Waals surface area (Å²) >= 11 is 0. The van der Waals surface area contributed by atoms with Crippen molar-refractivity contribution in [1.29, 1.82) is 0 Å². The summed E-state index contributed by atoms with van der Waals surface area (Å²) < 4.78 is 12.9. The molecule has 0 spiro atoms. The van der Waals surface area contributed by atoms with Crippen LogP contribution in [-0.4, -0.2) is 11.7 Å². The Morgan fingerprint density at radius 3 is 2.38 bits per heavy atom. The zero-order valence-electron chi connectivity index (χ0n) is 11.6. The number of nitrogens with one attached hydrogen (secondary N) is 2. The van der Waals surface area contributed by atoms with Gasteiger partial charge in [-0.05, 0) is 36.2 Å². The normalized spacial score (nSPS) is 11.0. The third-order valence-electron chi connectivity index (χ3n) is 2.84. The van der Waals surface area contributed by atoms with Gasteiger partial charge in [-0.1, -0.05) is 37.3 Å². The first-order chi connectivity index (χ1) is 10.2. The zero-order chi connectivity index (χ0) is 15.1. The number of hydrazone groups is 1. The van der Waals surface area contributed by atoms with E-state index in [4.69, 9.17) is 0 Å². The molecule has 0 atom stereocenters. The lowest BCUT2D eigenvalue weighted by Gasteiger charge is -2.06. The Hall–Kier alpha value is -2.69. The summed E-state index contributed by atoms with van der Waals surface area (Å²) in [5, 5.41) is 6.74. The summed E-state index contributed by atoms with van der Waals surface area (Å²) in [6.07, 6.45) is 0.622. The summed E-state index contributed by atoms with van der Waals surface area (Å²) in [6, 6.07) is 14.7. The second kappa shape index (κ2) is 7.19. The first-order valence-corrected chi connectivity index (χ1v) is 6.63. The van der Waals surface area contributed by atoms with Gasteiger partial charge in [-0.2, -0.15) is 5.10 Å². The lowest BCUT2D eigenvalue weighted by molar-refractivity contribution is 0.252. The third-order valence-corrected chi connectivity index (χ3v) is 2.84. The average Bonchev–Trinajstić information content (AvgIpc) is 2.50. The van der Waals surface area contributed by atoms with Gasteiger partial charge in [-0.25, -0.2) is 14.6 Å². The lowest BCUT2D eigenvalue weighted by Crippen LogP contribution is -2.25. The van der Waals surface area contributed by atoms with Gasteiger partial charge in [0.15, 0.2) is 0 Å². The third kappa shape index (κ3) is 4.42. The van der Waals surface area contributed by atoms with E-state index in [0.717, 1.165) is 5.56 Å². The molecule has 0 aromatic heterocycles. The number of urea groups is 1. The van der Waals surface area contributed by atoms with Gasteiger partial charge < -0.3 is 5.32 Å². The quantitative estimate of drug-likeness (QED) is 0.652. The minimum atomic E-state index is -0.422. The fourth-order valence-electron chi connectivity index (χ4n) is 1.79. The van der Waals surface area contributed by atoms with Crippen LogP contribution in [-0.2, 0) is 0 Å². The summed E-state index contributed by atoms with van der Waals surface area (Å²) in [7, 11) is 0. The fourth-order valence-corrected chi connectivity index (χ4v) is 1.79. The summed E-state index contributed by atoms with van der Waals surface area (Å²) in [5.41, 5.74) is 4.58. The predicted molar refractivity (Wildman–Crippen MR) is 81.8 cm³/mol. The molecule has 0 unspecified atom stereocenters. The molecule has 0 saturated heterocycles. The molecule has 0 fully saturated rings. The first kappa shape index (κ1) is 14.7. The first-order valence-electron chi connectivity index (χ1n) is 6.63. The maximum atomic E-state index is 12.9. The number of hydrogen-bond donors (Lipinski definition) is 2. The molecule has 0 radical (unpaired) electrons. The summed E-state index contributed by atoms with van der Waals surface area (Å²) in [5.74, 6) is -0.302. The van der Waals surface area contributed by atoms with Gasteiger partial charge in [-0.3, -0.25) is 0 Å². The van der Waals surface area contributed by atoms with E-state index in [1.165, 1.54) is 12.1 Å². The van der Waals surface area contributed by atoms with Crippen molar-refractivity contribution in [2.75, 3.05) is 5.32 Å². The van der Waals surface area contributed by atoms with Crippen molar-refractivity contribution in [1.82, 2.24) is 5.43 Å². The van der Waals surface area contributed by atoms with Crippen LogP contribution in [0.3, 0.4) is 0 Å². The van der Waals surface area contributed by atoms with E-state index in [9.17, 15) is 9.18 Å². The van der Waals surface area contributed by atoms with Crippen molar-refractivity contribution in [3.05, 3.63) is 66.0 Å². The Morgan fingerprint density at radius 2 is 1.76 bits per heavy atom. The molecule has 0 aliphatic rings. The number of carbonyl (C=O) groups is 1. The molecule has 5 heteroatoms. The minimum absolute atomic E-state index is 0.302. The number of rotatable bonds is 4. The molecule has 0 aliphatic heterocycles. The number of benzene rings is 2. The van der Waals surface area contributed by atoms with Crippen molar-refractivity contribution >= 4 is 17.4 Å². The van der Waals surface area contributed by atoms with Gasteiger partial charge >= 0.3 is 6.03 Å². The van der Waals surface area contributed by atoms with E-state index in [1.54, 1.807) is 24.3 Å².